The summed E-state index contributed by atoms with van der Waals surface area (Å²) < 4.78 is 16.1. The first-order valence-electron chi connectivity index (χ1n) is 11.5. The van der Waals surface area contributed by atoms with Gasteiger partial charge < -0.3 is 14.4 Å². The second kappa shape index (κ2) is 10.1. The Bertz CT molecular complexity index is 1270. The van der Waals surface area contributed by atoms with Crippen molar-refractivity contribution in [2.75, 3.05) is 19.6 Å². The molecule has 3 aromatic rings. The van der Waals surface area contributed by atoms with Crippen molar-refractivity contribution in [2.45, 2.75) is 32.9 Å². The maximum Gasteiger partial charge on any atom is 0.273 e. The Kier molecular flexibility index (Phi) is 6.95. The summed E-state index contributed by atoms with van der Waals surface area (Å²) in [6.45, 7) is 4.64. The van der Waals surface area contributed by atoms with Gasteiger partial charge in [0.2, 0.25) is 5.91 Å². The first-order chi connectivity index (χ1) is 16.8. The number of amides is 2. The summed E-state index contributed by atoms with van der Waals surface area (Å²) in [7, 11) is 0. The molecule has 4 rings (SSSR count). The van der Waals surface area contributed by atoms with Crippen LogP contribution < -0.4 is 0 Å². The van der Waals surface area contributed by atoms with Crippen molar-refractivity contribution in [1.82, 2.24) is 14.4 Å². The smallest absolute Gasteiger partial charge is 0.273 e. The predicted molar refractivity (Wildman–Crippen MR) is 128 cm³/mol. The third-order valence-corrected chi connectivity index (χ3v) is 6.28. The molecule has 0 spiro atoms. The molecule has 0 saturated carbocycles. The van der Waals surface area contributed by atoms with E-state index in [0.717, 1.165) is 5.69 Å². The lowest BCUT2D eigenvalue weighted by Gasteiger charge is -2.38. The standard InChI is InChI=1S/C26H27FN4O4/c1-3-11-29(26(33)20-10-9-18(2)23(16-20)31(34)35)17-24(32)30-14-13-28-12-5-8-22(28)25(30)19-6-4-7-21(27)15-19/h4-10,12,15-16,25H,3,11,13-14,17H2,1-2H3/t25-/m0/s1. The summed E-state index contributed by atoms with van der Waals surface area (Å²) >= 11 is 0. The number of nitrogens with zero attached hydrogens (tertiary/aromatic N) is 4. The van der Waals surface area contributed by atoms with Crippen molar-refractivity contribution in [1.29, 1.82) is 0 Å². The van der Waals surface area contributed by atoms with Gasteiger partial charge in [0, 0.05) is 48.7 Å². The Morgan fingerprint density at radius 3 is 2.66 bits per heavy atom. The van der Waals surface area contributed by atoms with Crippen LogP contribution >= 0.6 is 0 Å². The van der Waals surface area contributed by atoms with E-state index in [0.29, 0.717) is 37.2 Å². The molecular weight excluding hydrogens is 451 g/mol. The third-order valence-electron chi connectivity index (χ3n) is 6.28. The van der Waals surface area contributed by atoms with Crippen LogP contribution in [0.1, 0.15) is 46.6 Å². The number of hydrogen-bond acceptors (Lipinski definition) is 4. The summed E-state index contributed by atoms with van der Waals surface area (Å²) in [6, 6.07) is 13.9. The molecule has 182 valence electrons. The van der Waals surface area contributed by atoms with Crippen LogP contribution in [0.25, 0.3) is 0 Å². The van der Waals surface area contributed by atoms with E-state index in [1.54, 1.807) is 30.0 Å². The van der Waals surface area contributed by atoms with Crippen LogP contribution in [0.5, 0.6) is 0 Å². The molecule has 0 bridgehead atoms. The number of carbonyl (C=O) groups is 2. The Balaban J connectivity index is 1.62. The summed E-state index contributed by atoms with van der Waals surface area (Å²) in [6.07, 6.45) is 2.55. The molecule has 0 fully saturated rings. The molecular formula is C26H27FN4O4. The van der Waals surface area contributed by atoms with Gasteiger partial charge in [-0.25, -0.2) is 4.39 Å². The number of fused-ring (bicyclic) bond motifs is 1. The van der Waals surface area contributed by atoms with Gasteiger partial charge in [0.25, 0.3) is 11.6 Å². The van der Waals surface area contributed by atoms with Crippen molar-refractivity contribution < 1.29 is 18.9 Å². The lowest BCUT2D eigenvalue weighted by atomic mass is 9.99. The first-order valence-corrected chi connectivity index (χ1v) is 11.5. The van der Waals surface area contributed by atoms with Gasteiger partial charge in [-0.2, -0.15) is 0 Å². The topological polar surface area (TPSA) is 88.7 Å². The molecule has 0 aliphatic carbocycles. The predicted octanol–water partition coefficient (Wildman–Crippen LogP) is 4.33. The number of nitro groups is 1. The number of aromatic nitrogens is 1. The fourth-order valence-corrected chi connectivity index (χ4v) is 4.58. The third kappa shape index (κ3) is 4.94. The molecule has 1 atom stereocenters. The highest BCUT2D eigenvalue weighted by Crippen LogP contribution is 2.33. The summed E-state index contributed by atoms with van der Waals surface area (Å²) in [5.41, 5.74) is 2.01. The highest BCUT2D eigenvalue weighted by molar-refractivity contribution is 5.97. The van der Waals surface area contributed by atoms with Gasteiger partial charge in [-0.15, -0.1) is 0 Å². The molecule has 35 heavy (non-hydrogen) atoms. The van der Waals surface area contributed by atoms with Gasteiger partial charge in [0.05, 0.1) is 11.0 Å². The molecule has 2 aromatic carbocycles. The van der Waals surface area contributed by atoms with Crippen LogP contribution in [0.3, 0.4) is 0 Å². The summed E-state index contributed by atoms with van der Waals surface area (Å²) in [5.74, 6) is -1.09. The van der Waals surface area contributed by atoms with E-state index in [1.807, 2.05) is 29.8 Å². The van der Waals surface area contributed by atoms with Crippen LogP contribution in [-0.4, -0.2) is 50.7 Å². The Hall–Kier alpha value is -4.01. The molecule has 1 aliphatic rings. The number of nitro benzene ring substituents is 1. The lowest BCUT2D eigenvalue weighted by molar-refractivity contribution is -0.385. The molecule has 8 nitrogen and oxygen atoms in total. The minimum atomic E-state index is -0.520. The number of rotatable bonds is 7. The fraction of sp³-hybridized carbons (Fsp3) is 0.308. The van der Waals surface area contributed by atoms with E-state index in [2.05, 4.69) is 0 Å². The molecule has 1 aromatic heterocycles. The largest absolute Gasteiger partial charge is 0.348 e. The zero-order valence-electron chi connectivity index (χ0n) is 19.7. The highest BCUT2D eigenvalue weighted by Gasteiger charge is 2.33. The van der Waals surface area contributed by atoms with Crippen molar-refractivity contribution in [3.05, 3.63) is 99.1 Å². The van der Waals surface area contributed by atoms with E-state index in [-0.39, 0.29) is 29.5 Å². The van der Waals surface area contributed by atoms with Crippen LogP contribution in [0.2, 0.25) is 0 Å². The van der Waals surface area contributed by atoms with Crippen LogP contribution in [0, 0.1) is 22.9 Å². The van der Waals surface area contributed by atoms with Gasteiger partial charge in [0.1, 0.15) is 12.4 Å². The Labute approximate surface area is 202 Å². The number of aryl methyl sites for hydroxylation is 1. The highest BCUT2D eigenvalue weighted by atomic mass is 19.1. The average molecular weight is 479 g/mol. The van der Waals surface area contributed by atoms with Gasteiger partial charge in [-0.3, -0.25) is 19.7 Å². The molecule has 0 saturated heterocycles. The van der Waals surface area contributed by atoms with E-state index in [9.17, 15) is 24.1 Å². The van der Waals surface area contributed by atoms with Gasteiger partial charge in [-0.1, -0.05) is 25.1 Å². The Morgan fingerprint density at radius 1 is 1.14 bits per heavy atom. The molecule has 2 heterocycles. The van der Waals surface area contributed by atoms with Crippen LogP contribution in [0.4, 0.5) is 10.1 Å². The first kappa shape index (κ1) is 24.1. The zero-order valence-corrected chi connectivity index (χ0v) is 19.7. The fourth-order valence-electron chi connectivity index (χ4n) is 4.58. The molecule has 9 heteroatoms. The Morgan fingerprint density at radius 2 is 1.94 bits per heavy atom. The van der Waals surface area contributed by atoms with E-state index < -0.39 is 16.9 Å². The van der Waals surface area contributed by atoms with Crippen molar-refractivity contribution in [3.8, 4) is 0 Å². The maximum atomic E-state index is 14.1. The van der Waals surface area contributed by atoms with Crippen LogP contribution in [0.15, 0.2) is 60.8 Å². The number of halogens is 1. The normalized spacial score (nSPS) is 14.9. The van der Waals surface area contributed by atoms with Crippen molar-refractivity contribution >= 4 is 17.5 Å². The molecule has 0 unspecified atom stereocenters. The minimum Gasteiger partial charge on any atom is -0.348 e. The zero-order chi connectivity index (χ0) is 25.1. The molecule has 1 aliphatic heterocycles. The number of carbonyl (C=O) groups excluding carboxylic acids is 2. The quantitative estimate of drug-likeness (QED) is 0.374. The lowest BCUT2D eigenvalue weighted by Crippen LogP contribution is -2.48. The summed E-state index contributed by atoms with van der Waals surface area (Å²) in [5, 5.41) is 11.3. The molecule has 2 amide bonds. The van der Waals surface area contributed by atoms with Gasteiger partial charge in [0.15, 0.2) is 0 Å². The van der Waals surface area contributed by atoms with E-state index in [1.165, 1.54) is 29.2 Å². The maximum absolute atomic E-state index is 14.1. The average Bonchev–Trinajstić information content (AvgIpc) is 3.31. The second-order valence-electron chi connectivity index (χ2n) is 8.66. The van der Waals surface area contributed by atoms with Crippen molar-refractivity contribution in [3.63, 3.8) is 0 Å². The minimum absolute atomic E-state index is 0.137. The van der Waals surface area contributed by atoms with Gasteiger partial charge >= 0.3 is 0 Å². The van der Waals surface area contributed by atoms with Gasteiger partial charge in [-0.05, 0) is 49.2 Å². The number of benzene rings is 2. The van der Waals surface area contributed by atoms with E-state index >= 15 is 0 Å². The summed E-state index contributed by atoms with van der Waals surface area (Å²) in [4.78, 5) is 40.8. The SMILES string of the molecule is CCCN(CC(=O)N1CCn2cccc2[C@@H]1c1cccc(F)c1)C(=O)c1ccc(C)c([N+](=O)[O-])c1. The monoisotopic (exact) mass is 478 g/mol. The molecule has 0 N–H and O–H groups in total. The number of hydrogen-bond donors (Lipinski definition) is 0. The van der Waals surface area contributed by atoms with E-state index in [4.69, 9.17) is 0 Å². The van der Waals surface area contributed by atoms with Crippen LogP contribution in [-0.2, 0) is 11.3 Å². The second-order valence-corrected chi connectivity index (χ2v) is 8.66. The molecule has 0 radical (unpaired) electrons. The van der Waals surface area contributed by atoms with Crippen molar-refractivity contribution in [2.24, 2.45) is 0 Å².